The lowest BCUT2D eigenvalue weighted by Crippen LogP contribution is -2.35. The minimum Gasteiger partial charge on any atom is -0.353 e. The number of nitrogens with zero attached hydrogens (tertiary/aromatic N) is 3. The third-order valence-electron chi connectivity index (χ3n) is 4.65. The van der Waals surface area contributed by atoms with E-state index in [1.165, 1.54) is 27.2 Å². The van der Waals surface area contributed by atoms with E-state index in [9.17, 15) is 4.79 Å². The number of fused-ring (bicyclic) bond motifs is 1. The fourth-order valence-electron chi connectivity index (χ4n) is 3.04. The van der Waals surface area contributed by atoms with E-state index < -0.39 is 0 Å². The molecule has 3 N–H and O–H groups in total. The van der Waals surface area contributed by atoms with E-state index in [-0.39, 0.29) is 17.7 Å². The van der Waals surface area contributed by atoms with Crippen LogP contribution in [0.5, 0.6) is 0 Å². The van der Waals surface area contributed by atoms with Crippen LogP contribution in [0.2, 0.25) is 0 Å². The Labute approximate surface area is 163 Å². The first-order chi connectivity index (χ1) is 13.1. The van der Waals surface area contributed by atoms with E-state index in [0.717, 1.165) is 18.4 Å². The molecule has 0 radical (unpaired) electrons. The molecule has 0 spiro atoms. The van der Waals surface area contributed by atoms with Crippen LogP contribution >= 0.6 is 11.8 Å². The smallest absolute Gasteiger partial charge is 0.230 e. The Morgan fingerprint density at radius 3 is 2.67 bits per heavy atom. The highest BCUT2D eigenvalue weighted by Crippen LogP contribution is 2.22. The van der Waals surface area contributed by atoms with Crippen molar-refractivity contribution in [2.24, 2.45) is 0 Å². The highest BCUT2D eigenvalue weighted by atomic mass is 32.2. The highest BCUT2D eigenvalue weighted by molar-refractivity contribution is 7.99. The summed E-state index contributed by atoms with van der Waals surface area (Å²) in [6.45, 7) is 4.13. The number of nitrogens with two attached hydrogens (primary N) is 1. The first-order valence-corrected chi connectivity index (χ1v) is 10.2. The Bertz CT molecular complexity index is 914. The van der Waals surface area contributed by atoms with E-state index >= 15 is 0 Å². The molecule has 0 aliphatic carbocycles. The molecule has 1 aromatic heterocycles. The molecule has 27 heavy (non-hydrogen) atoms. The van der Waals surface area contributed by atoms with E-state index in [1.807, 2.05) is 18.2 Å². The number of carbonyl (C=O) groups excluding carboxylic acids is 1. The zero-order valence-electron chi connectivity index (χ0n) is 15.7. The van der Waals surface area contributed by atoms with Gasteiger partial charge in [-0.15, -0.1) is 10.2 Å². The van der Waals surface area contributed by atoms with Crippen molar-refractivity contribution in [3.05, 3.63) is 53.9 Å². The summed E-state index contributed by atoms with van der Waals surface area (Å²) in [6.07, 6.45) is 2.44. The van der Waals surface area contributed by atoms with E-state index in [2.05, 4.69) is 53.6 Å². The van der Waals surface area contributed by atoms with Crippen molar-refractivity contribution >= 4 is 28.4 Å². The molecule has 2 aromatic carbocycles. The van der Waals surface area contributed by atoms with Gasteiger partial charge in [0.15, 0.2) is 5.82 Å². The largest absolute Gasteiger partial charge is 0.353 e. The zero-order valence-corrected chi connectivity index (χ0v) is 16.5. The molecule has 0 unspecified atom stereocenters. The molecule has 142 valence electrons. The number of nitrogens with one attached hydrogen (secondary N) is 1. The van der Waals surface area contributed by atoms with Gasteiger partial charge in [-0.1, -0.05) is 68.1 Å². The minimum atomic E-state index is -0.00713. The number of amides is 1. The standard InChI is InChI=1S/C20H25N5OS/c1-3-16(4-2)22-19(26)13-27-20-24-23-18(25(20)21)12-15-10-7-9-14-8-5-6-11-17(14)15/h5-11,16H,3-4,12-13,21H2,1-2H3,(H,22,26). The second-order valence-corrected chi connectivity index (χ2v) is 7.40. The summed E-state index contributed by atoms with van der Waals surface area (Å²) < 4.78 is 1.48. The molecule has 0 bridgehead atoms. The van der Waals surface area contributed by atoms with Crippen LogP contribution in [-0.2, 0) is 11.2 Å². The molecular formula is C20H25N5OS. The van der Waals surface area contributed by atoms with Crippen LogP contribution in [0.15, 0.2) is 47.6 Å². The molecule has 0 aliphatic heterocycles. The summed E-state index contributed by atoms with van der Waals surface area (Å²) in [5.41, 5.74) is 1.15. The van der Waals surface area contributed by atoms with Crippen LogP contribution in [0.4, 0.5) is 0 Å². The second kappa shape index (κ2) is 8.90. The summed E-state index contributed by atoms with van der Waals surface area (Å²) in [5, 5.41) is 14.3. The van der Waals surface area contributed by atoms with Crippen molar-refractivity contribution in [3.63, 3.8) is 0 Å². The summed E-state index contributed by atoms with van der Waals surface area (Å²) in [4.78, 5) is 12.1. The molecule has 3 rings (SSSR count). The van der Waals surface area contributed by atoms with Gasteiger partial charge in [0.25, 0.3) is 0 Å². The van der Waals surface area contributed by atoms with Crippen molar-refractivity contribution < 1.29 is 4.79 Å². The number of carbonyl (C=O) groups is 1. The number of rotatable bonds is 8. The van der Waals surface area contributed by atoms with Gasteiger partial charge in [-0.05, 0) is 29.2 Å². The van der Waals surface area contributed by atoms with Gasteiger partial charge >= 0.3 is 0 Å². The quantitative estimate of drug-likeness (QED) is 0.461. The maximum atomic E-state index is 12.1. The van der Waals surface area contributed by atoms with Crippen LogP contribution in [0.25, 0.3) is 10.8 Å². The average molecular weight is 384 g/mol. The molecule has 3 aromatic rings. The SMILES string of the molecule is CCC(CC)NC(=O)CSc1nnc(Cc2cccc3ccccc23)n1N. The topological polar surface area (TPSA) is 85.8 Å². The van der Waals surface area contributed by atoms with Crippen LogP contribution in [0, 0.1) is 0 Å². The maximum absolute atomic E-state index is 12.1. The Hall–Kier alpha value is -2.54. The normalized spacial score (nSPS) is 11.2. The fourth-order valence-corrected chi connectivity index (χ4v) is 3.72. The number of benzene rings is 2. The first-order valence-electron chi connectivity index (χ1n) is 9.20. The van der Waals surface area contributed by atoms with Gasteiger partial charge < -0.3 is 11.2 Å². The fraction of sp³-hybridized carbons (Fsp3) is 0.350. The van der Waals surface area contributed by atoms with E-state index in [1.54, 1.807) is 0 Å². The van der Waals surface area contributed by atoms with Gasteiger partial charge in [0, 0.05) is 12.5 Å². The van der Waals surface area contributed by atoms with Crippen molar-refractivity contribution in [1.82, 2.24) is 20.2 Å². The number of nitrogen functional groups attached to an aromatic ring is 1. The lowest BCUT2D eigenvalue weighted by molar-refractivity contribution is -0.119. The van der Waals surface area contributed by atoms with E-state index in [0.29, 0.717) is 17.4 Å². The molecule has 0 atom stereocenters. The predicted octanol–water partition coefficient (Wildman–Crippen LogP) is 3.13. The van der Waals surface area contributed by atoms with Crippen molar-refractivity contribution in [1.29, 1.82) is 0 Å². The molecule has 1 heterocycles. The van der Waals surface area contributed by atoms with Crippen LogP contribution in [0.3, 0.4) is 0 Å². The minimum absolute atomic E-state index is 0.00713. The van der Waals surface area contributed by atoms with Crippen LogP contribution in [-0.4, -0.2) is 32.6 Å². The molecule has 0 saturated heterocycles. The molecule has 7 heteroatoms. The van der Waals surface area contributed by atoms with Crippen LogP contribution in [0.1, 0.15) is 38.1 Å². The lowest BCUT2D eigenvalue weighted by Gasteiger charge is -2.14. The average Bonchev–Trinajstić information content (AvgIpc) is 3.04. The summed E-state index contributed by atoms with van der Waals surface area (Å²) in [7, 11) is 0. The van der Waals surface area contributed by atoms with Gasteiger partial charge in [0.05, 0.1) is 5.75 Å². The Balaban J connectivity index is 1.67. The third kappa shape index (κ3) is 4.60. The number of aromatic nitrogens is 3. The molecule has 0 saturated carbocycles. The molecule has 6 nitrogen and oxygen atoms in total. The van der Waals surface area contributed by atoms with Gasteiger partial charge in [0.2, 0.25) is 11.1 Å². The maximum Gasteiger partial charge on any atom is 0.230 e. The predicted molar refractivity (Wildman–Crippen MR) is 110 cm³/mol. The van der Waals surface area contributed by atoms with Crippen molar-refractivity contribution in [3.8, 4) is 0 Å². The molecule has 1 amide bonds. The molecule has 0 fully saturated rings. The number of thioether (sulfide) groups is 1. The van der Waals surface area contributed by atoms with E-state index in [4.69, 9.17) is 5.84 Å². The van der Waals surface area contributed by atoms with Crippen molar-refractivity contribution in [2.75, 3.05) is 11.6 Å². The Kier molecular flexibility index (Phi) is 6.34. The first kappa shape index (κ1) is 19.2. The highest BCUT2D eigenvalue weighted by Gasteiger charge is 2.15. The lowest BCUT2D eigenvalue weighted by atomic mass is 10.0. The van der Waals surface area contributed by atoms with Gasteiger partial charge in [0.1, 0.15) is 0 Å². The van der Waals surface area contributed by atoms with Gasteiger partial charge in [-0.3, -0.25) is 4.79 Å². The number of hydrogen-bond acceptors (Lipinski definition) is 5. The summed E-state index contributed by atoms with van der Waals surface area (Å²) in [5.74, 6) is 7.12. The van der Waals surface area contributed by atoms with Gasteiger partial charge in [-0.2, -0.15) is 0 Å². The Morgan fingerprint density at radius 2 is 1.89 bits per heavy atom. The summed E-state index contributed by atoms with van der Waals surface area (Å²) >= 11 is 1.31. The molecular weight excluding hydrogens is 358 g/mol. The second-order valence-electron chi connectivity index (χ2n) is 6.45. The summed E-state index contributed by atoms with van der Waals surface area (Å²) in [6, 6.07) is 14.7. The van der Waals surface area contributed by atoms with Crippen LogP contribution < -0.4 is 11.2 Å². The zero-order chi connectivity index (χ0) is 19.2. The van der Waals surface area contributed by atoms with Crippen molar-refractivity contribution in [2.45, 2.75) is 44.3 Å². The van der Waals surface area contributed by atoms with Gasteiger partial charge in [-0.25, -0.2) is 4.68 Å². The molecule has 0 aliphatic rings. The number of hydrogen-bond donors (Lipinski definition) is 2. The monoisotopic (exact) mass is 383 g/mol. The third-order valence-corrected chi connectivity index (χ3v) is 5.59. The Morgan fingerprint density at radius 1 is 1.15 bits per heavy atom.